The van der Waals surface area contributed by atoms with Gasteiger partial charge in [-0.1, -0.05) is 18.2 Å². The molecule has 5 amide bonds. The molecule has 10 heteroatoms. The molecular formula is C23H24FN5O4. The first kappa shape index (κ1) is 22.4. The number of aromatic nitrogens is 1. The zero-order valence-electron chi connectivity index (χ0n) is 18.1. The molecule has 2 aromatic rings. The molecule has 1 aromatic heterocycles. The maximum absolute atomic E-state index is 13.3. The molecule has 0 bridgehead atoms. The van der Waals surface area contributed by atoms with Crippen LogP contribution >= 0.6 is 0 Å². The van der Waals surface area contributed by atoms with Crippen molar-refractivity contribution >= 4 is 29.6 Å². The fourth-order valence-electron chi connectivity index (χ4n) is 4.11. The summed E-state index contributed by atoms with van der Waals surface area (Å²) in [5.74, 6) is -1.32. The summed E-state index contributed by atoms with van der Waals surface area (Å²) < 4.78 is 13.3. The second kappa shape index (κ2) is 8.97. The second-order valence-electron chi connectivity index (χ2n) is 8.31. The minimum atomic E-state index is -1.37. The summed E-state index contributed by atoms with van der Waals surface area (Å²) in [5, 5.41) is 5.38. The molecule has 2 fully saturated rings. The number of anilines is 1. The van der Waals surface area contributed by atoms with E-state index in [1.165, 1.54) is 31.2 Å². The van der Waals surface area contributed by atoms with Gasteiger partial charge in [0.05, 0.1) is 0 Å². The van der Waals surface area contributed by atoms with Crippen LogP contribution in [0, 0.1) is 11.7 Å². The maximum Gasteiger partial charge on any atom is 0.325 e. The van der Waals surface area contributed by atoms with Crippen LogP contribution in [-0.4, -0.2) is 58.2 Å². The minimum absolute atomic E-state index is 0.148. The lowest BCUT2D eigenvalue weighted by atomic mass is 9.92. The van der Waals surface area contributed by atoms with Gasteiger partial charge in [-0.3, -0.25) is 19.3 Å². The van der Waals surface area contributed by atoms with Crippen LogP contribution in [0.3, 0.4) is 0 Å². The highest BCUT2D eigenvalue weighted by molar-refractivity contribution is 6.09. The SMILES string of the molecule is CC1(c2ccc(F)cc2)NC(=O)N(CC(=O)N2CCC(C(=O)Nc3ccccn3)CC2)C1=O. The Labute approximate surface area is 190 Å². The molecule has 2 saturated heterocycles. The van der Waals surface area contributed by atoms with Crippen molar-refractivity contribution in [1.82, 2.24) is 20.1 Å². The standard InChI is InChI=1S/C23H24FN5O4/c1-23(16-5-7-17(24)8-6-16)21(32)29(22(33)27-23)14-19(30)28-12-9-15(10-13-28)20(31)26-18-4-2-3-11-25-18/h2-8,11,15H,9-10,12-14H2,1H3,(H,27,33)(H,25,26,31). The Morgan fingerprint density at radius 3 is 2.48 bits per heavy atom. The molecule has 1 atom stereocenters. The number of likely N-dealkylation sites (tertiary alicyclic amines) is 1. The van der Waals surface area contributed by atoms with Crippen molar-refractivity contribution < 1.29 is 23.6 Å². The van der Waals surface area contributed by atoms with Crippen LogP contribution in [-0.2, 0) is 19.9 Å². The first-order valence-electron chi connectivity index (χ1n) is 10.7. The summed E-state index contributed by atoms with van der Waals surface area (Å²) in [6, 6.07) is 9.84. The number of amides is 5. The molecule has 0 spiro atoms. The lowest BCUT2D eigenvalue weighted by molar-refractivity contribution is -0.140. The van der Waals surface area contributed by atoms with E-state index in [1.54, 1.807) is 29.3 Å². The van der Waals surface area contributed by atoms with Crippen LogP contribution in [0.25, 0.3) is 0 Å². The monoisotopic (exact) mass is 453 g/mol. The van der Waals surface area contributed by atoms with Gasteiger partial charge in [0.15, 0.2) is 0 Å². The average molecular weight is 453 g/mol. The number of carbonyl (C=O) groups is 4. The van der Waals surface area contributed by atoms with Crippen LogP contribution in [0.4, 0.5) is 15.0 Å². The van der Waals surface area contributed by atoms with E-state index in [9.17, 15) is 23.6 Å². The third kappa shape index (κ3) is 4.55. The molecule has 1 aromatic carbocycles. The molecule has 33 heavy (non-hydrogen) atoms. The number of piperidine rings is 1. The first-order chi connectivity index (χ1) is 15.8. The fraction of sp³-hybridized carbons (Fsp3) is 0.348. The Hall–Kier alpha value is -3.82. The molecule has 172 valence electrons. The van der Waals surface area contributed by atoms with Gasteiger partial charge < -0.3 is 15.5 Å². The van der Waals surface area contributed by atoms with Crippen molar-refractivity contribution in [3.63, 3.8) is 0 Å². The van der Waals surface area contributed by atoms with E-state index < -0.39 is 29.8 Å². The van der Waals surface area contributed by atoms with Gasteiger partial charge in [-0.05, 0) is 49.6 Å². The van der Waals surface area contributed by atoms with Crippen molar-refractivity contribution in [3.8, 4) is 0 Å². The Kier molecular flexibility index (Phi) is 6.08. The third-order valence-corrected chi connectivity index (χ3v) is 6.12. The number of carbonyl (C=O) groups excluding carboxylic acids is 4. The van der Waals surface area contributed by atoms with E-state index >= 15 is 0 Å². The predicted molar refractivity (Wildman–Crippen MR) is 116 cm³/mol. The topological polar surface area (TPSA) is 112 Å². The number of benzene rings is 1. The van der Waals surface area contributed by atoms with Gasteiger partial charge >= 0.3 is 6.03 Å². The van der Waals surface area contributed by atoms with E-state index in [0.29, 0.717) is 37.3 Å². The van der Waals surface area contributed by atoms with Crippen LogP contribution in [0.2, 0.25) is 0 Å². The van der Waals surface area contributed by atoms with Crippen LogP contribution in [0.15, 0.2) is 48.7 Å². The summed E-state index contributed by atoms with van der Waals surface area (Å²) in [7, 11) is 0. The number of pyridine rings is 1. The smallest absolute Gasteiger partial charge is 0.325 e. The average Bonchev–Trinajstić information content (AvgIpc) is 3.04. The van der Waals surface area contributed by atoms with E-state index in [1.807, 2.05) is 0 Å². The quantitative estimate of drug-likeness (QED) is 0.672. The summed E-state index contributed by atoms with van der Waals surface area (Å²) in [6.07, 6.45) is 2.53. The fourth-order valence-corrected chi connectivity index (χ4v) is 4.11. The zero-order valence-corrected chi connectivity index (χ0v) is 18.1. The highest BCUT2D eigenvalue weighted by Crippen LogP contribution is 2.29. The van der Waals surface area contributed by atoms with Gasteiger partial charge in [0, 0.05) is 25.2 Å². The van der Waals surface area contributed by atoms with Crippen molar-refractivity contribution in [2.75, 3.05) is 25.0 Å². The van der Waals surface area contributed by atoms with Crippen molar-refractivity contribution in [2.24, 2.45) is 5.92 Å². The van der Waals surface area contributed by atoms with Gasteiger partial charge in [0.2, 0.25) is 11.8 Å². The summed E-state index contributed by atoms with van der Waals surface area (Å²) in [5.41, 5.74) is -0.946. The highest BCUT2D eigenvalue weighted by atomic mass is 19.1. The van der Waals surface area contributed by atoms with Crippen LogP contribution in [0.1, 0.15) is 25.3 Å². The van der Waals surface area contributed by atoms with Crippen molar-refractivity contribution in [3.05, 3.63) is 60.0 Å². The van der Waals surface area contributed by atoms with Gasteiger partial charge in [-0.25, -0.2) is 14.2 Å². The molecule has 0 radical (unpaired) electrons. The zero-order chi connectivity index (χ0) is 23.6. The molecule has 2 aliphatic heterocycles. The van der Waals surface area contributed by atoms with E-state index in [0.717, 1.165) is 4.90 Å². The number of nitrogens with zero attached hydrogens (tertiary/aromatic N) is 3. The van der Waals surface area contributed by atoms with Gasteiger partial charge in [0.25, 0.3) is 5.91 Å². The Balaban J connectivity index is 1.33. The number of hydrogen-bond acceptors (Lipinski definition) is 5. The van der Waals surface area contributed by atoms with E-state index in [-0.39, 0.29) is 17.7 Å². The van der Waals surface area contributed by atoms with Gasteiger partial charge in [0.1, 0.15) is 23.7 Å². The van der Waals surface area contributed by atoms with E-state index in [2.05, 4.69) is 15.6 Å². The minimum Gasteiger partial charge on any atom is -0.341 e. The molecule has 1 unspecified atom stereocenters. The molecular weight excluding hydrogens is 429 g/mol. The van der Waals surface area contributed by atoms with Crippen LogP contribution < -0.4 is 10.6 Å². The Morgan fingerprint density at radius 2 is 1.85 bits per heavy atom. The van der Waals surface area contributed by atoms with Crippen molar-refractivity contribution in [1.29, 1.82) is 0 Å². The predicted octanol–water partition coefficient (Wildman–Crippen LogP) is 1.86. The first-order valence-corrected chi connectivity index (χ1v) is 10.7. The van der Waals surface area contributed by atoms with Gasteiger partial charge in [-0.2, -0.15) is 0 Å². The number of hydrogen-bond donors (Lipinski definition) is 2. The molecule has 0 aliphatic carbocycles. The molecule has 4 rings (SSSR count). The number of imide groups is 1. The third-order valence-electron chi connectivity index (χ3n) is 6.12. The molecule has 2 aliphatic rings. The highest BCUT2D eigenvalue weighted by Gasteiger charge is 2.49. The largest absolute Gasteiger partial charge is 0.341 e. The molecule has 9 nitrogen and oxygen atoms in total. The number of nitrogens with one attached hydrogen (secondary N) is 2. The normalized spacial score (nSPS) is 21.2. The molecule has 3 heterocycles. The number of rotatable bonds is 5. The van der Waals surface area contributed by atoms with Crippen LogP contribution in [0.5, 0.6) is 0 Å². The van der Waals surface area contributed by atoms with Crippen molar-refractivity contribution in [2.45, 2.75) is 25.3 Å². The summed E-state index contributed by atoms with van der Waals surface area (Å²) in [4.78, 5) is 57.2. The summed E-state index contributed by atoms with van der Waals surface area (Å²) in [6.45, 7) is 1.82. The Bertz CT molecular complexity index is 1070. The van der Waals surface area contributed by atoms with E-state index in [4.69, 9.17) is 0 Å². The maximum atomic E-state index is 13.3. The second-order valence-corrected chi connectivity index (χ2v) is 8.31. The number of halogens is 1. The Morgan fingerprint density at radius 1 is 1.15 bits per heavy atom. The van der Waals surface area contributed by atoms with Gasteiger partial charge in [-0.15, -0.1) is 0 Å². The summed E-state index contributed by atoms with van der Waals surface area (Å²) >= 11 is 0. The molecule has 2 N–H and O–H groups in total. The lowest BCUT2D eigenvalue weighted by Crippen LogP contribution is -2.47. The molecule has 0 saturated carbocycles. The lowest BCUT2D eigenvalue weighted by Gasteiger charge is -2.32. The number of urea groups is 1.